The summed E-state index contributed by atoms with van der Waals surface area (Å²) in [6, 6.07) is 1.21. The quantitative estimate of drug-likeness (QED) is 0.579. The monoisotopic (exact) mass is 306 g/mol. The second-order valence-corrected chi connectivity index (χ2v) is 4.74. The zero-order valence-corrected chi connectivity index (χ0v) is 11.0. The van der Waals surface area contributed by atoms with Crippen LogP contribution in [0.5, 0.6) is 11.6 Å². The number of nitro groups is 1. The molecule has 0 aliphatic heterocycles. The van der Waals surface area contributed by atoms with Crippen LogP contribution in [-0.4, -0.2) is 30.4 Å². The van der Waals surface area contributed by atoms with Gasteiger partial charge >= 0.3 is 17.7 Å². The predicted molar refractivity (Wildman–Crippen MR) is 71.0 cm³/mol. The molecule has 0 spiro atoms. The van der Waals surface area contributed by atoms with Crippen LogP contribution >= 0.6 is 11.3 Å². The number of ether oxygens (including phenoxy) is 1. The molecule has 106 valence electrons. The van der Waals surface area contributed by atoms with E-state index in [1.807, 2.05) is 0 Å². The van der Waals surface area contributed by atoms with Crippen molar-refractivity contribution in [2.24, 2.45) is 0 Å². The first kappa shape index (κ1) is 13.0. The summed E-state index contributed by atoms with van der Waals surface area (Å²) in [7, 11) is 0. The Hall–Kier alpha value is -3.01. The maximum Gasteiger partial charge on any atom is 0.393 e. The number of carbonyl (C=O) groups is 1. The van der Waals surface area contributed by atoms with Gasteiger partial charge in [-0.1, -0.05) is 11.3 Å². The molecule has 3 aromatic rings. The molecule has 0 atom stereocenters. The SMILES string of the molecule is O=C(O)c1cncc(Oc2nc3sccn3c2[N+](=O)[O-])c1. The first-order chi connectivity index (χ1) is 10.1. The van der Waals surface area contributed by atoms with Gasteiger partial charge < -0.3 is 20.0 Å². The lowest BCUT2D eigenvalue weighted by Crippen LogP contribution is -1.99. The highest BCUT2D eigenvalue weighted by atomic mass is 32.1. The van der Waals surface area contributed by atoms with Crippen molar-refractivity contribution >= 4 is 28.1 Å². The standard InChI is InChI=1S/C11H6N4O5S/c16-10(17)6-3-7(5-12-4-6)20-8-9(15(18)19)14-1-2-21-11(14)13-8/h1-5H,(H,16,17). The lowest BCUT2D eigenvalue weighted by molar-refractivity contribution is -0.391. The number of carboxylic acids is 1. The van der Waals surface area contributed by atoms with Gasteiger partial charge in [-0.3, -0.25) is 4.98 Å². The second-order valence-electron chi connectivity index (χ2n) is 3.87. The van der Waals surface area contributed by atoms with E-state index in [4.69, 9.17) is 9.84 Å². The van der Waals surface area contributed by atoms with Crippen molar-refractivity contribution in [1.82, 2.24) is 14.4 Å². The lowest BCUT2D eigenvalue weighted by Gasteiger charge is -2.02. The number of nitrogens with zero attached hydrogens (tertiary/aromatic N) is 4. The fraction of sp³-hybridized carbons (Fsp3) is 0. The Morgan fingerprint density at radius 2 is 2.29 bits per heavy atom. The molecule has 0 unspecified atom stereocenters. The van der Waals surface area contributed by atoms with E-state index in [1.165, 1.54) is 34.2 Å². The molecule has 9 nitrogen and oxygen atoms in total. The molecule has 0 aromatic carbocycles. The first-order valence-corrected chi connectivity index (χ1v) is 6.40. The Morgan fingerprint density at radius 1 is 1.48 bits per heavy atom. The Morgan fingerprint density at radius 3 is 3.00 bits per heavy atom. The smallest absolute Gasteiger partial charge is 0.393 e. The number of aromatic carboxylic acids is 1. The highest BCUT2D eigenvalue weighted by Crippen LogP contribution is 2.33. The van der Waals surface area contributed by atoms with Gasteiger partial charge in [0.15, 0.2) is 0 Å². The number of hydrogen-bond acceptors (Lipinski definition) is 7. The molecule has 21 heavy (non-hydrogen) atoms. The number of pyridine rings is 1. The van der Waals surface area contributed by atoms with Crippen LogP contribution in [0.15, 0.2) is 30.0 Å². The molecule has 3 aromatic heterocycles. The zero-order chi connectivity index (χ0) is 15.0. The molecule has 0 fully saturated rings. The van der Waals surface area contributed by atoms with Gasteiger partial charge in [-0.2, -0.15) is 9.38 Å². The minimum absolute atomic E-state index is 0.0590. The van der Waals surface area contributed by atoms with Crippen LogP contribution in [0.4, 0.5) is 5.82 Å². The molecular weight excluding hydrogens is 300 g/mol. The number of rotatable bonds is 4. The Kier molecular flexibility index (Phi) is 2.99. The van der Waals surface area contributed by atoms with Crippen LogP contribution in [0, 0.1) is 10.1 Å². The van der Waals surface area contributed by atoms with Crippen LogP contribution in [0.2, 0.25) is 0 Å². The van der Waals surface area contributed by atoms with Gasteiger partial charge in [0.2, 0.25) is 0 Å². The van der Waals surface area contributed by atoms with Crippen molar-refractivity contribution in [3.63, 3.8) is 0 Å². The summed E-state index contributed by atoms with van der Waals surface area (Å²) < 4.78 is 6.60. The number of thiazole rings is 1. The Bertz CT molecular complexity index is 855. The van der Waals surface area contributed by atoms with Gasteiger partial charge in [-0.05, 0) is 11.0 Å². The van der Waals surface area contributed by atoms with E-state index in [-0.39, 0.29) is 23.0 Å². The van der Waals surface area contributed by atoms with Crippen LogP contribution in [0.1, 0.15) is 10.4 Å². The van der Waals surface area contributed by atoms with Crippen LogP contribution in [0.3, 0.4) is 0 Å². The van der Waals surface area contributed by atoms with E-state index in [1.54, 1.807) is 5.38 Å². The molecule has 3 heterocycles. The molecule has 0 saturated heterocycles. The molecule has 1 N–H and O–H groups in total. The van der Waals surface area contributed by atoms with Crippen molar-refractivity contribution in [2.45, 2.75) is 0 Å². The molecular formula is C11H6N4O5S. The van der Waals surface area contributed by atoms with E-state index in [9.17, 15) is 14.9 Å². The van der Waals surface area contributed by atoms with Crippen molar-refractivity contribution in [3.8, 4) is 11.6 Å². The average molecular weight is 306 g/mol. The summed E-state index contributed by atoms with van der Waals surface area (Å²) in [4.78, 5) is 29.5. The van der Waals surface area contributed by atoms with E-state index in [0.29, 0.717) is 4.96 Å². The molecule has 0 bridgehead atoms. The van der Waals surface area contributed by atoms with Crippen molar-refractivity contribution in [1.29, 1.82) is 0 Å². The van der Waals surface area contributed by atoms with Gasteiger partial charge in [-0.25, -0.2) is 4.79 Å². The van der Waals surface area contributed by atoms with E-state index < -0.39 is 10.9 Å². The van der Waals surface area contributed by atoms with Gasteiger partial charge in [-0.15, -0.1) is 0 Å². The molecule has 0 aliphatic carbocycles. The van der Waals surface area contributed by atoms with Gasteiger partial charge in [0, 0.05) is 11.6 Å². The normalized spacial score (nSPS) is 10.7. The highest BCUT2D eigenvalue weighted by molar-refractivity contribution is 7.15. The van der Waals surface area contributed by atoms with Gasteiger partial charge in [0.25, 0.3) is 4.96 Å². The number of hydrogen-bond donors (Lipinski definition) is 1. The third-order valence-corrected chi connectivity index (χ3v) is 3.31. The molecule has 0 aliphatic rings. The zero-order valence-electron chi connectivity index (χ0n) is 10.2. The largest absolute Gasteiger partial charge is 0.478 e. The minimum Gasteiger partial charge on any atom is -0.478 e. The number of carboxylic acid groups (broad SMARTS) is 1. The summed E-state index contributed by atoms with van der Waals surface area (Å²) in [6.45, 7) is 0. The van der Waals surface area contributed by atoms with Crippen LogP contribution in [0.25, 0.3) is 4.96 Å². The lowest BCUT2D eigenvalue weighted by atomic mass is 10.3. The van der Waals surface area contributed by atoms with E-state index in [2.05, 4.69) is 9.97 Å². The van der Waals surface area contributed by atoms with Crippen molar-refractivity contribution < 1.29 is 19.6 Å². The Balaban J connectivity index is 2.03. The fourth-order valence-corrected chi connectivity index (χ4v) is 2.39. The molecule has 0 saturated carbocycles. The number of aromatic nitrogens is 3. The third kappa shape index (κ3) is 2.27. The average Bonchev–Trinajstić information content (AvgIpc) is 2.98. The number of imidazole rings is 1. The molecule has 0 radical (unpaired) electrons. The minimum atomic E-state index is -1.17. The van der Waals surface area contributed by atoms with E-state index in [0.717, 1.165) is 6.20 Å². The molecule has 3 rings (SSSR count). The summed E-state index contributed by atoms with van der Waals surface area (Å²) in [5, 5.41) is 21.7. The van der Waals surface area contributed by atoms with Crippen molar-refractivity contribution in [3.05, 3.63) is 45.7 Å². The second kappa shape index (κ2) is 4.83. The van der Waals surface area contributed by atoms with E-state index >= 15 is 0 Å². The van der Waals surface area contributed by atoms with Crippen LogP contribution in [-0.2, 0) is 0 Å². The summed E-state index contributed by atoms with van der Waals surface area (Å²) >= 11 is 1.22. The highest BCUT2D eigenvalue weighted by Gasteiger charge is 2.26. The number of fused-ring (bicyclic) bond motifs is 1. The summed E-state index contributed by atoms with van der Waals surface area (Å²) in [5.74, 6) is -1.65. The maximum atomic E-state index is 11.1. The molecule has 10 heteroatoms. The van der Waals surface area contributed by atoms with Gasteiger partial charge in [0.1, 0.15) is 11.9 Å². The Labute approximate surface area is 120 Å². The summed E-state index contributed by atoms with van der Waals surface area (Å²) in [5.41, 5.74) is -0.0869. The molecule has 0 amide bonds. The summed E-state index contributed by atoms with van der Waals surface area (Å²) in [6.07, 6.45) is 3.91. The third-order valence-electron chi connectivity index (χ3n) is 2.55. The fourth-order valence-electron chi connectivity index (χ4n) is 1.69. The maximum absolute atomic E-state index is 11.1. The predicted octanol–water partition coefficient (Wildman–Crippen LogP) is 2.19. The topological polar surface area (TPSA) is 120 Å². The van der Waals surface area contributed by atoms with Crippen molar-refractivity contribution in [2.75, 3.05) is 0 Å². The van der Waals surface area contributed by atoms with Crippen LogP contribution < -0.4 is 4.74 Å². The van der Waals surface area contributed by atoms with Gasteiger partial charge in [0.05, 0.1) is 11.8 Å². The first-order valence-electron chi connectivity index (χ1n) is 5.52.